The molecule has 7 heteroatoms. The van der Waals surface area contributed by atoms with Crippen LogP contribution in [0.2, 0.25) is 0 Å². The van der Waals surface area contributed by atoms with E-state index in [9.17, 15) is 9.59 Å². The van der Waals surface area contributed by atoms with Gasteiger partial charge in [0.25, 0.3) is 0 Å². The Kier molecular flexibility index (Phi) is 5.52. The first-order chi connectivity index (χ1) is 14.8. The third-order valence-electron chi connectivity index (χ3n) is 5.11. The van der Waals surface area contributed by atoms with E-state index < -0.39 is 5.97 Å². The van der Waals surface area contributed by atoms with Crippen molar-refractivity contribution in [3.8, 4) is 0 Å². The average Bonchev–Trinajstić information content (AvgIpc) is 3.33. The van der Waals surface area contributed by atoms with Gasteiger partial charge in [0.15, 0.2) is 10.8 Å². The Hall–Kier alpha value is -3.58. The van der Waals surface area contributed by atoms with Crippen LogP contribution in [0, 0.1) is 20.8 Å². The van der Waals surface area contributed by atoms with E-state index in [1.54, 1.807) is 16.4 Å². The largest absolute Gasteiger partial charge is 0.402 e. The fraction of sp³-hybridized carbons (Fsp3) is 0.167. The van der Waals surface area contributed by atoms with Crippen molar-refractivity contribution in [1.82, 2.24) is 4.98 Å². The summed E-state index contributed by atoms with van der Waals surface area (Å²) in [5.74, 6) is -0.376. The number of aliphatic imine (C=N–C) groups is 1. The highest BCUT2D eigenvalue weighted by molar-refractivity contribution is 7.14. The lowest BCUT2D eigenvalue weighted by Crippen LogP contribution is -2.23. The summed E-state index contributed by atoms with van der Waals surface area (Å²) in [4.78, 5) is 35.3. The van der Waals surface area contributed by atoms with Crippen LogP contribution < -0.4 is 4.90 Å². The van der Waals surface area contributed by atoms with E-state index in [1.807, 2.05) is 63.2 Å². The minimum absolute atomic E-state index is 0.137. The van der Waals surface area contributed by atoms with Crippen molar-refractivity contribution < 1.29 is 14.3 Å². The molecule has 0 radical (unpaired) electrons. The number of benzene rings is 2. The molecular formula is C24H21N3O3S. The number of amides is 1. The van der Waals surface area contributed by atoms with Gasteiger partial charge in [-0.2, -0.15) is 0 Å². The van der Waals surface area contributed by atoms with Gasteiger partial charge in [-0.05, 0) is 55.7 Å². The SMILES string of the molecule is CC(=O)N(c1nc(/C=C2\N=C(c3ccccc3C)OC2=O)cs1)c1cccc(C)c1C. The molecule has 156 valence electrons. The number of cyclic esters (lactones) is 1. The Morgan fingerprint density at radius 1 is 1.06 bits per heavy atom. The third kappa shape index (κ3) is 4.04. The summed E-state index contributed by atoms with van der Waals surface area (Å²) in [6, 6.07) is 13.4. The number of anilines is 2. The lowest BCUT2D eigenvalue weighted by Gasteiger charge is -2.21. The summed E-state index contributed by atoms with van der Waals surface area (Å²) in [6.07, 6.45) is 1.58. The Labute approximate surface area is 184 Å². The smallest absolute Gasteiger partial charge is 0.363 e. The van der Waals surface area contributed by atoms with Gasteiger partial charge in [0, 0.05) is 17.9 Å². The first-order valence-corrected chi connectivity index (χ1v) is 10.6. The molecule has 2 aromatic carbocycles. The lowest BCUT2D eigenvalue weighted by atomic mass is 10.1. The number of carbonyl (C=O) groups excluding carboxylic acids is 2. The maximum atomic E-state index is 12.4. The molecule has 1 aliphatic rings. The summed E-state index contributed by atoms with van der Waals surface area (Å²) in [6.45, 7) is 7.43. The molecule has 1 amide bonds. The predicted octanol–water partition coefficient (Wildman–Crippen LogP) is 5.10. The minimum Gasteiger partial charge on any atom is -0.402 e. The van der Waals surface area contributed by atoms with Gasteiger partial charge in [0.05, 0.1) is 11.4 Å². The van der Waals surface area contributed by atoms with Crippen molar-refractivity contribution in [2.45, 2.75) is 27.7 Å². The number of nitrogens with zero attached hydrogens (tertiary/aromatic N) is 3. The Morgan fingerprint density at radius 3 is 2.55 bits per heavy atom. The van der Waals surface area contributed by atoms with Gasteiger partial charge < -0.3 is 4.74 Å². The molecule has 0 bridgehead atoms. The van der Waals surface area contributed by atoms with E-state index in [0.717, 1.165) is 27.9 Å². The Bertz CT molecular complexity index is 1260. The summed E-state index contributed by atoms with van der Waals surface area (Å²) in [5, 5.41) is 2.32. The lowest BCUT2D eigenvalue weighted by molar-refractivity contribution is -0.130. The van der Waals surface area contributed by atoms with E-state index in [4.69, 9.17) is 4.74 Å². The van der Waals surface area contributed by atoms with Crippen molar-refractivity contribution in [2.75, 3.05) is 4.90 Å². The molecule has 0 unspecified atom stereocenters. The number of hydrogen-bond acceptors (Lipinski definition) is 6. The topological polar surface area (TPSA) is 71.9 Å². The second-order valence-corrected chi connectivity index (χ2v) is 8.12. The molecule has 31 heavy (non-hydrogen) atoms. The number of rotatable bonds is 4. The molecule has 0 fully saturated rings. The van der Waals surface area contributed by atoms with Crippen LogP contribution in [0.4, 0.5) is 10.8 Å². The fourth-order valence-electron chi connectivity index (χ4n) is 3.31. The molecule has 0 atom stereocenters. The summed E-state index contributed by atoms with van der Waals surface area (Å²) in [5.41, 5.74) is 5.36. The molecule has 0 aliphatic carbocycles. The molecule has 4 rings (SSSR count). The molecule has 1 aliphatic heterocycles. The number of carbonyl (C=O) groups is 2. The number of aromatic nitrogens is 1. The summed E-state index contributed by atoms with van der Waals surface area (Å²) < 4.78 is 5.36. The minimum atomic E-state index is -0.522. The van der Waals surface area contributed by atoms with Gasteiger partial charge in [-0.3, -0.25) is 9.69 Å². The summed E-state index contributed by atoms with van der Waals surface area (Å²) in [7, 11) is 0. The molecular weight excluding hydrogens is 410 g/mol. The second-order valence-electron chi connectivity index (χ2n) is 7.28. The highest BCUT2D eigenvalue weighted by atomic mass is 32.1. The highest BCUT2D eigenvalue weighted by Crippen LogP contribution is 2.33. The molecule has 0 saturated carbocycles. The monoisotopic (exact) mass is 431 g/mol. The van der Waals surface area contributed by atoms with Gasteiger partial charge in [-0.25, -0.2) is 14.8 Å². The van der Waals surface area contributed by atoms with Gasteiger partial charge in [-0.15, -0.1) is 11.3 Å². The van der Waals surface area contributed by atoms with E-state index >= 15 is 0 Å². The zero-order chi connectivity index (χ0) is 22.1. The number of esters is 1. The van der Waals surface area contributed by atoms with Gasteiger partial charge in [0.2, 0.25) is 11.8 Å². The van der Waals surface area contributed by atoms with Crippen LogP contribution in [0.25, 0.3) is 6.08 Å². The predicted molar refractivity (Wildman–Crippen MR) is 123 cm³/mol. The van der Waals surface area contributed by atoms with Crippen molar-refractivity contribution in [1.29, 1.82) is 0 Å². The Morgan fingerprint density at radius 2 is 1.81 bits per heavy atom. The molecule has 2 heterocycles. The van der Waals surface area contributed by atoms with Gasteiger partial charge in [0.1, 0.15) is 0 Å². The van der Waals surface area contributed by atoms with E-state index in [0.29, 0.717) is 10.8 Å². The molecule has 0 N–H and O–H groups in total. The van der Waals surface area contributed by atoms with E-state index in [2.05, 4.69) is 9.98 Å². The van der Waals surface area contributed by atoms with Crippen LogP contribution in [-0.2, 0) is 14.3 Å². The van der Waals surface area contributed by atoms with Crippen LogP contribution in [0.15, 0.2) is 58.5 Å². The number of aryl methyl sites for hydroxylation is 2. The number of thiazole rings is 1. The first kappa shape index (κ1) is 20.7. The standard InChI is InChI=1S/C24H21N3O3S/c1-14-9-7-11-21(16(14)3)27(17(4)28)24-25-18(13-31-24)12-20-23(29)30-22(26-20)19-10-6-5-8-15(19)2/h5-13H,1-4H3/b20-12-. The van der Waals surface area contributed by atoms with E-state index in [1.165, 1.54) is 18.3 Å². The summed E-state index contributed by atoms with van der Waals surface area (Å²) >= 11 is 1.33. The van der Waals surface area contributed by atoms with Crippen LogP contribution >= 0.6 is 11.3 Å². The zero-order valence-corrected chi connectivity index (χ0v) is 18.5. The molecule has 0 saturated heterocycles. The maximum absolute atomic E-state index is 12.4. The highest BCUT2D eigenvalue weighted by Gasteiger charge is 2.26. The van der Waals surface area contributed by atoms with Crippen molar-refractivity contribution in [3.63, 3.8) is 0 Å². The maximum Gasteiger partial charge on any atom is 0.363 e. The first-order valence-electron chi connectivity index (χ1n) is 9.76. The molecule has 1 aromatic heterocycles. The van der Waals surface area contributed by atoms with E-state index in [-0.39, 0.29) is 17.5 Å². The fourth-order valence-corrected chi connectivity index (χ4v) is 4.15. The van der Waals surface area contributed by atoms with Crippen molar-refractivity contribution in [3.05, 3.63) is 81.5 Å². The molecule has 6 nitrogen and oxygen atoms in total. The quantitative estimate of drug-likeness (QED) is 0.426. The van der Waals surface area contributed by atoms with Crippen LogP contribution in [-0.4, -0.2) is 22.8 Å². The second kappa shape index (κ2) is 8.28. The van der Waals surface area contributed by atoms with Crippen LogP contribution in [0.3, 0.4) is 0 Å². The third-order valence-corrected chi connectivity index (χ3v) is 5.96. The van der Waals surface area contributed by atoms with Crippen LogP contribution in [0.5, 0.6) is 0 Å². The van der Waals surface area contributed by atoms with Crippen molar-refractivity contribution in [2.24, 2.45) is 4.99 Å². The number of ether oxygens (including phenoxy) is 1. The van der Waals surface area contributed by atoms with Gasteiger partial charge in [-0.1, -0.05) is 30.3 Å². The van der Waals surface area contributed by atoms with Gasteiger partial charge >= 0.3 is 5.97 Å². The normalized spacial score (nSPS) is 14.5. The average molecular weight is 432 g/mol. The zero-order valence-electron chi connectivity index (χ0n) is 17.7. The van der Waals surface area contributed by atoms with Crippen molar-refractivity contribution >= 4 is 46.0 Å². The molecule has 0 spiro atoms. The van der Waals surface area contributed by atoms with Crippen LogP contribution in [0.1, 0.15) is 34.9 Å². The number of hydrogen-bond donors (Lipinski definition) is 0. The Balaban J connectivity index is 1.67. The molecule has 3 aromatic rings.